The number of methoxy groups -OCH3 is 1. The molecule has 0 amide bonds. The Balaban J connectivity index is 1.99. The zero-order valence-corrected chi connectivity index (χ0v) is 14.0. The van der Waals surface area contributed by atoms with Crippen LogP contribution < -0.4 is 4.74 Å². The van der Waals surface area contributed by atoms with Gasteiger partial charge in [0.2, 0.25) is 0 Å². The van der Waals surface area contributed by atoms with E-state index >= 15 is 0 Å². The Morgan fingerprint density at radius 1 is 1.00 bits per heavy atom. The van der Waals surface area contributed by atoms with E-state index in [-0.39, 0.29) is 29.6 Å². The molecule has 0 saturated heterocycles. The van der Waals surface area contributed by atoms with Crippen LogP contribution in [0.2, 0.25) is 0 Å². The van der Waals surface area contributed by atoms with Crippen LogP contribution in [0.4, 0.5) is 0 Å². The quantitative estimate of drug-likeness (QED) is 0.438. The van der Waals surface area contributed by atoms with E-state index < -0.39 is 69.6 Å². The van der Waals surface area contributed by atoms with Gasteiger partial charge >= 0.3 is 164 Å². The minimum absolute atomic E-state index is 0.0183. The second-order valence-electron chi connectivity index (χ2n) is 4.99. The Labute approximate surface area is 165 Å². The number of rotatable bonds is 4. The molecule has 4 aromatic rings. The summed E-state index contributed by atoms with van der Waals surface area (Å²) in [5.41, 5.74) is 0.564. The molecule has 1 nitrogen and oxygen atoms in total. The van der Waals surface area contributed by atoms with Crippen molar-refractivity contribution in [3.05, 3.63) is 89.8 Å². The molecule has 0 atom stereocenters. The molecule has 2 heteroatoms. The van der Waals surface area contributed by atoms with Crippen LogP contribution >= 0.6 is 0 Å². The van der Waals surface area contributed by atoms with E-state index in [9.17, 15) is 0 Å². The van der Waals surface area contributed by atoms with E-state index in [0.717, 1.165) is 9.65 Å². The van der Waals surface area contributed by atoms with Crippen LogP contribution in [0.25, 0.3) is 19.6 Å². The van der Waals surface area contributed by atoms with Crippen molar-refractivity contribution in [2.45, 2.75) is 6.42 Å². The summed E-state index contributed by atoms with van der Waals surface area (Å²) >= 11 is -0.456. The van der Waals surface area contributed by atoms with Gasteiger partial charge < -0.3 is 0 Å². The van der Waals surface area contributed by atoms with Crippen molar-refractivity contribution in [3.8, 4) is 15.8 Å². The van der Waals surface area contributed by atoms with Gasteiger partial charge in [-0.25, -0.2) is 0 Å². The molecular weight excluding hydrogens is 359 g/mol. The third kappa shape index (κ3) is 2.91. The fraction of sp³-hybridized carbons (Fsp3) is 0.0909. The molecule has 0 fully saturated rings. The van der Waals surface area contributed by atoms with Crippen molar-refractivity contribution in [3.63, 3.8) is 0 Å². The minimum atomic E-state index is -2.96. The zero-order chi connectivity index (χ0) is 26.7. The Hall–Kier alpha value is -2.28. The molecule has 0 radical (unpaired) electrons. The summed E-state index contributed by atoms with van der Waals surface area (Å²) in [4.78, 5) is 0. The van der Waals surface area contributed by atoms with Crippen LogP contribution in [0.5, 0.6) is 5.75 Å². The van der Waals surface area contributed by atoms with E-state index in [1.54, 1.807) is 12.1 Å². The van der Waals surface area contributed by atoms with Crippen LogP contribution in [0.3, 0.4) is 0 Å². The first-order valence-electron chi connectivity index (χ1n) is 13.1. The Kier molecular flexibility index (Phi) is 1.93. The van der Waals surface area contributed by atoms with E-state index in [2.05, 4.69) is 0 Å². The van der Waals surface area contributed by atoms with Crippen LogP contribution in [0, 0.1) is 0 Å². The SMILES string of the molecule is [2H]c1c([2H])c([2H])c(-c2[se]c3ccccc3c2Cc2c([2H])c([2H])c(OC([2H])([2H])[2H])c([2H])c2[2H])c([2H])c1[2H]. The topological polar surface area (TPSA) is 9.23 Å². The Morgan fingerprint density at radius 2 is 1.79 bits per heavy atom. The van der Waals surface area contributed by atoms with Gasteiger partial charge in [0.1, 0.15) is 0 Å². The predicted molar refractivity (Wildman–Crippen MR) is 102 cm³/mol. The van der Waals surface area contributed by atoms with E-state index in [1.807, 2.05) is 12.1 Å². The van der Waals surface area contributed by atoms with Gasteiger partial charge in [-0.3, -0.25) is 0 Å². The van der Waals surface area contributed by atoms with Gasteiger partial charge in [0.15, 0.2) is 0 Å². The van der Waals surface area contributed by atoms with Crippen molar-refractivity contribution in [1.82, 2.24) is 0 Å². The average molecular weight is 389 g/mol. The second-order valence-corrected chi connectivity index (χ2v) is 7.20. The van der Waals surface area contributed by atoms with Gasteiger partial charge in [0, 0.05) is 0 Å². The first kappa shape index (κ1) is 6.92. The summed E-state index contributed by atoms with van der Waals surface area (Å²) in [5, 5.41) is 0.735. The van der Waals surface area contributed by atoms with Crippen molar-refractivity contribution in [2.75, 3.05) is 7.04 Å². The summed E-state index contributed by atoms with van der Waals surface area (Å²) in [6, 6.07) is 2.88. The summed E-state index contributed by atoms with van der Waals surface area (Å²) in [6.45, 7) is 0. The number of ether oxygens (including phenoxy) is 1. The van der Waals surface area contributed by atoms with Crippen molar-refractivity contribution < 1.29 is 21.2 Å². The number of hydrogen-bond acceptors (Lipinski definition) is 1. The van der Waals surface area contributed by atoms with Gasteiger partial charge in [0.05, 0.1) is 0 Å². The molecule has 4 rings (SSSR count). The molecule has 0 bridgehead atoms. The van der Waals surface area contributed by atoms with Crippen molar-refractivity contribution >= 4 is 24.1 Å². The van der Waals surface area contributed by atoms with Gasteiger partial charge in [-0.2, -0.15) is 0 Å². The molecule has 0 unspecified atom stereocenters. The molecule has 118 valence electrons. The van der Waals surface area contributed by atoms with Gasteiger partial charge in [-0.1, -0.05) is 0 Å². The van der Waals surface area contributed by atoms with Crippen LogP contribution in [0.1, 0.15) is 27.6 Å². The first-order valence-corrected chi connectivity index (χ1v) is 8.81. The Morgan fingerprint density at radius 3 is 2.58 bits per heavy atom. The predicted octanol–water partition coefficient (Wildman–Crippen LogP) is 5.16. The molecule has 24 heavy (non-hydrogen) atoms. The molecule has 1 heterocycles. The normalized spacial score (nSPS) is 18.5. The van der Waals surface area contributed by atoms with Crippen molar-refractivity contribution in [1.29, 1.82) is 0 Å². The second kappa shape index (κ2) is 6.68. The monoisotopic (exact) mass is 390 g/mol. The molecule has 3 aromatic carbocycles. The first-order chi connectivity index (χ1) is 16.7. The molecule has 1 aromatic heterocycles. The maximum absolute atomic E-state index is 8.45. The number of benzene rings is 3. The number of hydrogen-bond donors (Lipinski definition) is 0. The molecule has 0 spiro atoms. The fourth-order valence-corrected chi connectivity index (χ4v) is 4.95. The molecule has 0 aliphatic heterocycles. The molecular formula is C22H18OSe. The van der Waals surface area contributed by atoms with Gasteiger partial charge in [0.25, 0.3) is 0 Å². The molecule has 0 aliphatic carbocycles. The van der Waals surface area contributed by atoms with Gasteiger partial charge in [-0.15, -0.1) is 0 Å². The molecule has 0 saturated carbocycles. The zero-order valence-electron chi connectivity index (χ0n) is 24.3. The average Bonchev–Trinajstić information content (AvgIpc) is 3.18. The van der Waals surface area contributed by atoms with Crippen molar-refractivity contribution in [2.24, 2.45) is 0 Å². The third-order valence-corrected chi connectivity index (χ3v) is 6.12. The summed E-state index contributed by atoms with van der Waals surface area (Å²) < 4.78 is 102. The summed E-state index contributed by atoms with van der Waals surface area (Å²) in [5.74, 6) is -0.676. The van der Waals surface area contributed by atoms with Crippen LogP contribution in [-0.2, 0) is 6.42 Å². The van der Waals surface area contributed by atoms with E-state index in [1.165, 1.54) is 0 Å². The molecule has 0 aliphatic rings. The Bertz CT molecular complexity index is 1460. The standard InChI is InChI=1S/C22H18OSe/c1-23-18-13-11-16(12-14-18)15-20-19-9-5-6-10-21(19)24-22(20)17-7-3-2-4-8-17/h2-14H,15H2,1H3/i1D3,2D,3D,4D,7D,8D,11D,12D,13D,14D. The van der Waals surface area contributed by atoms with Crippen LogP contribution in [0.15, 0.2) is 78.6 Å². The number of fused-ring (bicyclic) bond motifs is 1. The van der Waals surface area contributed by atoms with Crippen LogP contribution in [-0.4, -0.2) is 21.5 Å². The summed E-state index contributed by atoms with van der Waals surface area (Å²) in [6.07, 6.45) is -0.125. The van der Waals surface area contributed by atoms with E-state index in [4.69, 9.17) is 21.2 Å². The third-order valence-electron chi connectivity index (χ3n) is 3.53. The van der Waals surface area contributed by atoms with E-state index in [0.29, 0.717) is 10.0 Å². The fourth-order valence-electron chi connectivity index (χ4n) is 2.48. The molecule has 0 N–H and O–H groups in total. The van der Waals surface area contributed by atoms with Gasteiger partial charge in [-0.05, 0) is 0 Å². The maximum atomic E-state index is 8.45. The summed E-state index contributed by atoms with van der Waals surface area (Å²) in [7, 11) is -2.96.